The van der Waals surface area contributed by atoms with E-state index in [2.05, 4.69) is 0 Å². The second kappa shape index (κ2) is 13.0. The van der Waals surface area contributed by atoms with E-state index in [4.69, 9.17) is 14.6 Å². The van der Waals surface area contributed by atoms with Crippen molar-refractivity contribution in [2.75, 3.05) is 13.2 Å². The van der Waals surface area contributed by atoms with Gasteiger partial charge in [-0.15, -0.1) is 0 Å². The maximum absolute atomic E-state index is 13.5. The number of aliphatic hydroxyl groups is 1. The Labute approximate surface area is 204 Å². The molecule has 0 aliphatic rings. The van der Waals surface area contributed by atoms with Crippen molar-refractivity contribution in [1.29, 1.82) is 0 Å². The summed E-state index contributed by atoms with van der Waals surface area (Å²) in [5.74, 6) is -18.6. The Kier molecular flexibility index (Phi) is 11.6. The molecule has 0 saturated carbocycles. The van der Waals surface area contributed by atoms with E-state index in [1.54, 1.807) is 12.1 Å². The van der Waals surface area contributed by atoms with Crippen LogP contribution < -0.4 is 4.74 Å². The molecule has 0 amide bonds. The Morgan fingerprint density at radius 2 is 1.47 bits per heavy atom. The van der Waals surface area contributed by atoms with Gasteiger partial charge >= 0.3 is 23.9 Å². The summed E-state index contributed by atoms with van der Waals surface area (Å²) >= 11 is 0. The molecule has 1 aromatic rings. The van der Waals surface area contributed by atoms with Gasteiger partial charge in [0.05, 0.1) is 19.3 Å². The molecule has 0 heterocycles. The van der Waals surface area contributed by atoms with Gasteiger partial charge in [0, 0.05) is 13.0 Å². The number of rotatable bonds is 15. The molecule has 3 atom stereocenters. The summed E-state index contributed by atoms with van der Waals surface area (Å²) in [6.07, 6.45) is -5.04. The zero-order valence-corrected chi connectivity index (χ0v) is 20.1. The molecule has 0 unspecified atom stereocenters. The molecule has 1 rings (SSSR count). The van der Waals surface area contributed by atoms with E-state index >= 15 is 0 Å². The molecule has 12 heteroatoms. The van der Waals surface area contributed by atoms with Crippen LogP contribution in [0.3, 0.4) is 0 Å². The number of ether oxygens (including phenoxy) is 2. The van der Waals surface area contributed by atoms with Gasteiger partial charge in [-0.2, -0.15) is 39.5 Å². The molecule has 0 spiro atoms. The van der Waals surface area contributed by atoms with Crippen LogP contribution in [0, 0.1) is 11.8 Å². The Morgan fingerprint density at radius 3 is 2.00 bits per heavy atom. The normalized spacial score (nSPS) is 16.2. The van der Waals surface area contributed by atoms with Gasteiger partial charge in [0.2, 0.25) is 0 Å². The first kappa shape index (κ1) is 32.1. The summed E-state index contributed by atoms with van der Waals surface area (Å²) in [6, 6.07) is 6.12. The van der Waals surface area contributed by atoms with Crippen LogP contribution in [0.2, 0.25) is 0 Å². The van der Waals surface area contributed by atoms with E-state index in [0.717, 1.165) is 12.0 Å². The summed E-state index contributed by atoms with van der Waals surface area (Å²) in [5.41, 5.74) is 0.750. The van der Waals surface area contributed by atoms with Crippen LogP contribution in [0.5, 0.6) is 5.75 Å². The summed E-state index contributed by atoms with van der Waals surface area (Å²) < 4.78 is 127. The Hall–Kier alpha value is -1.95. The monoisotopic (exact) mass is 538 g/mol. The van der Waals surface area contributed by atoms with Crippen LogP contribution in [-0.4, -0.2) is 48.4 Å². The molecule has 0 aliphatic heterocycles. The molecule has 36 heavy (non-hydrogen) atoms. The SMILES string of the molecule is C[C@H](CO)C/C=C/[C@H](C)[C@H](C)OCc1ccc(OCCCC(F)(F)C(F)(F)C(F)(F)C(F)(F)F)cc1. The van der Waals surface area contributed by atoms with E-state index in [1.165, 1.54) is 12.1 Å². The summed E-state index contributed by atoms with van der Waals surface area (Å²) in [7, 11) is 0. The van der Waals surface area contributed by atoms with Gasteiger partial charge in [-0.3, -0.25) is 0 Å². The molecular weight excluding hydrogens is 507 g/mol. The lowest BCUT2D eigenvalue weighted by molar-refractivity contribution is -0.396. The maximum atomic E-state index is 13.5. The van der Waals surface area contributed by atoms with Crippen molar-refractivity contribution in [3.05, 3.63) is 42.0 Å². The minimum atomic E-state index is -6.88. The average molecular weight is 538 g/mol. The molecule has 3 nitrogen and oxygen atoms in total. The standard InChI is InChI=1S/C24H31F9O3/c1-16(14-34)6-4-7-17(2)18(3)36-15-19-8-10-20(11-9-19)35-13-5-12-21(25,26)22(27,28)23(29,30)24(31,32)33/h4,7-11,16-18,34H,5-6,12-15H2,1-3H3/b7-4+/t16-,17-,18-/m0/s1. The van der Waals surface area contributed by atoms with Gasteiger partial charge < -0.3 is 14.6 Å². The highest BCUT2D eigenvalue weighted by Crippen LogP contribution is 2.54. The third-order valence-electron chi connectivity index (χ3n) is 5.58. The zero-order valence-electron chi connectivity index (χ0n) is 20.1. The first-order chi connectivity index (χ1) is 16.5. The molecule has 0 aromatic heterocycles. The number of aliphatic hydroxyl groups excluding tert-OH is 1. The van der Waals surface area contributed by atoms with Crippen LogP contribution in [-0.2, 0) is 11.3 Å². The molecule has 0 fully saturated rings. The lowest BCUT2D eigenvalue weighted by atomic mass is 10.00. The average Bonchev–Trinajstić information content (AvgIpc) is 2.79. The van der Waals surface area contributed by atoms with Crippen molar-refractivity contribution in [3.63, 3.8) is 0 Å². The fourth-order valence-electron chi connectivity index (χ4n) is 2.87. The number of benzene rings is 1. The number of hydrogen-bond acceptors (Lipinski definition) is 3. The minimum Gasteiger partial charge on any atom is -0.494 e. The molecule has 1 N–H and O–H groups in total. The molecule has 0 aliphatic carbocycles. The van der Waals surface area contributed by atoms with E-state index in [1.807, 2.05) is 32.9 Å². The van der Waals surface area contributed by atoms with E-state index in [0.29, 0.717) is 0 Å². The smallest absolute Gasteiger partial charge is 0.460 e. The Bertz CT molecular complexity index is 808. The maximum Gasteiger partial charge on any atom is 0.460 e. The predicted octanol–water partition coefficient (Wildman–Crippen LogP) is 7.43. The van der Waals surface area contributed by atoms with Gasteiger partial charge in [-0.1, -0.05) is 38.1 Å². The highest BCUT2D eigenvalue weighted by molar-refractivity contribution is 5.26. The first-order valence-electron chi connectivity index (χ1n) is 11.3. The van der Waals surface area contributed by atoms with Crippen molar-refractivity contribution in [3.8, 4) is 5.75 Å². The predicted molar refractivity (Wildman–Crippen MR) is 115 cm³/mol. The number of allylic oxidation sites excluding steroid dienone is 1. The highest BCUT2D eigenvalue weighted by atomic mass is 19.4. The van der Waals surface area contributed by atoms with E-state index in [-0.39, 0.29) is 36.9 Å². The fourth-order valence-corrected chi connectivity index (χ4v) is 2.87. The van der Waals surface area contributed by atoms with Crippen molar-refractivity contribution in [2.45, 2.75) is 76.7 Å². The topological polar surface area (TPSA) is 38.7 Å². The van der Waals surface area contributed by atoms with Crippen LogP contribution in [0.1, 0.15) is 45.6 Å². The summed E-state index contributed by atoms with van der Waals surface area (Å²) in [6.45, 7) is 5.55. The van der Waals surface area contributed by atoms with Crippen molar-refractivity contribution < 1.29 is 54.1 Å². The zero-order chi connectivity index (χ0) is 27.8. The second-order valence-electron chi connectivity index (χ2n) is 8.77. The molecule has 208 valence electrons. The number of halogens is 9. The van der Waals surface area contributed by atoms with Gasteiger partial charge in [0.1, 0.15) is 5.75 Å². The molecule has 1 aromatic carbocycles. The second-order valence-corrected chi connectivity index (χ2v) is 8.77. The quantitative estimate of drug-likeness (QED) is 0.143. The van der Waals surface area contributed by atoms with E-state index in [9.17, 15) is 39.5 Å². The molecular formula is C24H31F9O3. The van der Waals surface area contributed by atoms with Crippen LogP contribution in [0.25, 0.3) is 0 Å². The molecule has 0 radical (unpaired) electrons. The van der Waals surface area contributed by atoms with Crippen LogP contribution >= 0.6 is 0 Å². The lowest BCUT2D eigenvalue weighted by Gasteiger charge is -2.33. The largest absolute Gasteiger partial charge is 0.494 e. The highest BCUT2D eigenvalue weighted by Gasteiger charge is 2.81. The van der Waals surface area contributed by atoms with Gasteiger partial charge in [0.25, 0.3) is 0 Å². The van der Waals surface area contributed by atoms with Crippen molar-refractivity contribution >= 4 is 0 Å². The van der Waals surface area contributed by atoms with Crippen molar-refractivity contribution in [1.82, 2.24) is 0 Å². The number of alkyl halides is 9. The van der Waals surface area contributed by atoms with Gasteiger partial charge in [0.15, 0.2) is 0 Å². The Morgan fingerprint density at radius 1 is 0.889 bits per heavy atom. The van der Waals surface area contributed by atoms with Crippen LogP contribution in [0.15, 0.2) is 36.4 Å². The first-order valence-corrected chi connectivity index (χ1v) is 11.3. The third-order valence-corrected chi connectivity index (χ3v) is 5.58. The molecule has 0 saturated heterocycles. The fraction of sp³-hybridized carbons (Fsp3) is 0.667. The van der Waals surface area contributed by atoms with Gasteiger partial charge in [-0.25, -0.2) is 0 Å². The summed E-state index contributed by atoms with van der Waals surface area (Å²) in [5, 5.41) is 9.03. The third kappa shape index (κ3) is 8.57. The van der Waals surface area contributed by atoms with Gasteiger partial charge in [-0.05, 0) is 49.3 Å². The Balaban J connectivity index is 2.51. The molecule has 0 bridgehead atoms. The number of hydrogen-bond donors (Lipinski definition) is 1. The minimum absolute atomic E-state index is 0.105. The lowest BCUT2D eigenvalue weighted by Crippen LogP contribution is -2.60. The van der Waals surface area contributed by atoms with Crippen LogP contribution in [0.4, 0.5) is 39.5 Å². The summed E-state index contributed by atoms with van der Waals surface area (Å²) in [4.78, 5) is 0. The van der Waals surface area contributed by atoms with Crippen molar-refractivity contribution in [2.24, 2.45) is 11.8 Å². The van der Waals surface area contributed by atoms with E-state index < -0.39 is 43.4 Å².